The van der Waals surface area contributed by atoms with Gasteiger partial charge >= 0.3 is 0 Å². The number of nitrogens with one attached hydrogen (secondary N) is 1. The molecule has 1 aromatic heterocycles. The SMILES string of the molecule is CC(CNc1ccc(C(N)=S)nc1)N1CCCCC1. The Kier molecular flexibility index (Phi) is 5.10. The van der Waals surface area contributed by atoms with Gasteiger partial charge in [0.25, 0.3) is 0 Å². The minimum absolute atomic E-state index is 0.341. The van der Waals surface area contributed by atoms with E-state index in [-0.39, 0.29) is 0 Å². The van der Waals surface area contributed by atoms with Crippen LogP contribution >= 0.6 is 12.2 Å². The maximum absolute atomic E-state index is 5.53. The molecule has 0 aliphatic carbocycles. The second-order valence-corrected chi connectivity index (χ2v) is 5.56. The lowest BCUT2D eigenvalue weighted by Crippen LogP contribution is -2.41. The zero-order valence-electron chi connectivity index (χ0n) is 11.4. The van der Waals surface area contributed by atoms with Crippen LogP contribution in [-0.2, 0) is 0 Å². The molecule has 1 saturated heterocycles. The van der Waals surface area contributed by atoms with Crippen LogP contribution in [0.25, 0.3) is 0 Å². The van der Waals surface area contributed by atoms with Gasteiger partial charge in [0.1, 0.15) is 4.99 Å². The van der Waals surface area contributed by atoms with Crippen molar-refractivity contribution in [1.82, 2.24) is 9.88 Å². The van der Waals surface area contributed by atoms with Crippen LogP contribution in [0.5, 0.6) is 0 Å². The molecule has 0 aromatic carbocycles. The van der Waals surface area contributed by atoms with Crippen LogP contribution in [0.2, 0.25) is 0 Å². The Morgan fingerprint density at radius 1 is 1.42 bits per heavy atom. The van der Waals surface area contributed by atoms with Crippen LogP contribution in [0.4, 0.5) is 5.69 Å². The number of hydrogen-bond acceptors (Lipinski definition) is 4. The number of aromatic nitrogens is 1. The number of nitrogens with zero attached hydrogens (tertiary/aromatic N) is 2. The van der Waals surface area contributed by atoms with E-state index in [1.165, 1.54) is 32.4 Å². The number of anilines is 1. The van der Waals surface area contributed by atoms with Crippen LogP contribution in [-0.4, -0.2) is 40.5 Å². The van der Waals surface area contributed by atoms with E-state index >= 15 is 0 Å². The molecule has 0 radical (unpaired) electrons. The van der Waals surface area contributed by atoms with E-state index in [1.54, 1.807) is 6.20 Å². The van der Waals surface area contributed by atoms with Crippen molar-refractivity contribution < 1.29 is 0 Å². The molecule has 1 aliphatic heterocycles. The molecule has 19 heavy (non-hydrogen) atoms. The number of nitrogens with two attached hydrogens (primary N) is 1. The maximum Gasteiger partial charge on any atom is 0.122 e. The van der Waals surface area contributed by atoms with E-state index in [2.05, 4.69) is 22.1 Å². The molecule has 1 aromatic rings. The van der Waals surface area contributed by atoms with Gasteiger partial charge in [0.05, 0.1) is 17.6 Å². The molecule has 1 unspecified atom stereocenters. The summed E-state index contributed by atoms with van der Waals surface area (Å²) in [7, 11) is 0. The molecule has 4 nitrogen and oxygen atoms in total. The molecule has 0 amide bonds. The summed E-state index contributed by atoms with van der Waals surface area (Å²) in [6.07, 6.45) is 5.82. The maximum atomic E-state index is 5.53. The Hall–Kier alpha value is -1.20. The van der Waals surface area contributed by atoms with Gasteiger partial charge in [-0.3, -0.25) is 9.88 Å². The predicted molar refractivity (Wildman–Crippen MR) is 83.5 cm³/mol. The lowest BCUT2D eigenvalue weighted by molar-refractivity contribution is 0.180. The van der Waals surface area contributed by atoms with Gasteiger partial charge in [-0.15, -0.1) is 0 Å². The number of thiocarbonyl (C=S) groups is 1. The van der Waals surface area contributed by atoms with Crippen molar-refractivity contribution in [2.75, 3.05) is 25.0 Å². The lowest BCUT2D eigenvalue weighted by Gasteiger charge is -2.32. The number of piperidine rings is 1. The van der Waals surface area contributed by atoms with E-state index < -0.39 is 0 Å². The monoisotopic (exact) mass is 278 g/mol. The Balaban J connectivity index is 1.82. The summed E-state index contributed by atoms with van der Waals surface area (Å²) in [5.41, 5.74) is 7.21. The normalized spacial score (nSPS) is 17.9. The highest BCUT2D eigenvalue weighted by atomic mass is 32.1. The largest absolute Gasteiger partial charge is 0.388 e. The lowest BCUT2D eigenvalue weighted by atomic mass is 10.1. The Bertz CT molecular complexity index is 412. The summed E-state index contributed by atoms with van der Waals surface area (Å²) >= 11 is 4.89. The van der Waals surface area contributed by atoms with Crippen molar-refractivity contribution in [3.63, 3.8) is 0 Å². The van der Waals surface area contributed by atoms with Gasteiger partial charge < -0.3 is 11.1 Å². The second kappa shape index (κ2) is 6.82. The predicted octanol–water partition coefficient (Wildman–Crippen LogP) is 2.00. The highest BCUT2D eigenvalue weighted by Crippen LogP contribution is 2.13. The van der Waals surface area contributed by atoms with Crippen molar-refractivity contribution in [2.24, 2.45) is 5.73 Å². The molecule has 0 spiro atoms. The molecule has 1 aliphatic rings. The summed E-state index contributed by atoms with van der Waals surface area (Å²) in [5.74, 6) is 0. The number of pyridine rings is 1. The van der Waals surface area contributed by atoms with Gasteiger partial charge in [-0.25, -0.2) is 0 Å². The Morgan fingerprint density at radius 3 is 2.74 bits per heavy atom. The third-order valence-electron chi connectivity index (χ3n) is 3.63. The molecule has 1 atom stereocenters. The average molecular weight is 278 g/mol. The topological polar surface area (TPSA) is 54.2 Å². The quantitative estimate of drug-likeness (QED) is 0.807. The number of likely N-dealkylation sites (tertiary alicyclic amines) is 1. The Morgan fingerprint density at radius 2 is 2.16 bits per heavy atom. The molecular weight excluding hydrogens is 256 g/mol. The fraction of sp³-hybridized carbons (Fsp3) is 0.571. The molecule has 0 saturated carbocycles. The zero-order valence-corrected chi connectivity index (χ0v) is 12.2. The van der Waals surface area contributed by atoms with E-state index in [9.17, 15) is 0 Å². The number of rotatable bonds is 5. The van der Waals surface area contributed by atoms with Crippen LogP contribution in [0.15, 0.2) is 18.3 Å². The van der Waals surface area contributed by atoms with Crippen LogP contribution in [0.1, 0.15) is 31.9 Å². The smallest absolute Gasteiger partial charge is 0.122 e. The molecule has 2 rings (SSSR count). The average Bonchev–Trinajstić information content (AvgIpc) is 2.46. The first kappa shape index (κ1) is 14.2. The van der Waals surface area contributed by atoms with Crippen molar-refractivity contribution in [1.29, 1.82) is 0 Å². The van der Waals surface area contributed by atoms with Gasteiger partial charge in [0.2, 0.25) is 0 Å². The number of hydrogen-bond donors (Lipinski definition) is 2. The van der Waals surface area contributed by atoms with E-state index in [0.29, 0.717) is 16.7 Å². The summed E-state index contributed by atoms with van der Waals surface area (Å²) in [4.78, 5) is 7.12. The summed E-state index contributed by atoms with van der Waals surface area (Å²) < 4.78 is 0. The summed E-state index contributed by atoms with van der Waals surface area (Å²) in [6, 6.07) is 4.39. The molecule has 0 bridgehead atoms. The standard InChI is InChI=1S/C14H22N4S/c1-11(18-7-3-2-4-8-18)9-16-12-5-6-13(14(15)19)17-10-12/h5-6,10-11,16H,2-4,7-9H2,1H3,(H2,15,19). The molecular formula is C14H22N4S. The van der Waals surface area contributed by atoms with E-state index in [0.717, 1.165) is 12.2 Å². The fourth-order valence-corrected chi connectivity index (χ4v) is 2.52. The minimum atomic E-state index is 0.341. The first-order valence-electron chi connectivity index (χ1n) is 6.90. The molecule has 1 fully saturated rings. The molecule has 2 heterocycles. The van der Waals surface area contributed by atoms with E-state index in [4.69, 9.17) is 18.0 Å². The van der Waals surface area contributed by atoms with Gasteiger partial charge in [-0.1, -0.05) is 18.6 Å². The van der Waals surface area contributed by atoms with Gasteiger partial charge in [0, 0.05) is 12.6 Å². The first-order chi connectivity index (χ1) is 9.16. The van der Waals surface area contributed by atoms with Crippen LogP contribution in [0.3, 0.4) is 0 Å². The van der Waals surface area contributed by atoms with Gasteiger partial charge in [0.15, 0.2) is 0 Å². The van der Waals surface area contributed by atoms with Crippen molar-refractivity contribution in [2.45, 2.75) is 32.2 Å². The summed E-state index contributed by atoms with van der Waals surface area (Å²) in [5, 5.41) is 3.42. The van der Waals surface area contributed by atoms with Crippen molar-refractivity contribution in [3.05, 3.63) is 24.0 Å². The minimum Gasteiger partial charge on any atom is -0.388 e. The molecule has 3 N–H and O–H groups in total. The third-order valence-corrected chi connectivity index (χ3v) is 3.84. The van der Waals surface area contributed by atoms with Crippen molar-refractivity contribution in [3.8, 4) is 0 Å². The Labute approximate surface area is 120 Å². The zero-order chi connectivity index (χ0) is 13.7. The van der Waals surface area contributed by atoms with Crippen molar-refractivity contribution >= 4 is 22.9 Å². The fourth-order valence-electron chi connectivity index (χ4n) is 2.40. The highest BCUT2D eigenvalue weighted by molar-refractivity contribution is 7.80. The molecule has 5 heteroatoms. The molecule has 104 valence electrons. The van der Waals surface area contributed by atoms with Gasteiger partial charge in [-0.05, 0) is 45.0 Å². The highest BCUT2D eigenvalue weighted by Gasteiger charge is 2.16. The van der Waals surface area contributed by atoms with Crippen LogP contribution < -0.4 is 11.1 Å². The second-order valence-electron chi connectivity index (χ2n) is 5.12. The van der Waals surface area contributed by atoms with E-state index in [1.807, 2.05) is 12.1 Å². The van der Waals surface area contributed by atoms with Crippen LogP contribution in [0, 0.1) is 0 Å². The summed E-state index contributed by atoms with van der Waals surface area (Å²) in [6.45, 7) is 5.66. The van der Waals surface area contributed by atoms with Gasteiger partial charge in [-0.2, -0.15) is 0 Å². The third kappa shape index (κ3) is 4.14. The first-order valence-corrected chi connectivity index (χ1v) is 7.31.